The average molecular weight is 221 g/mol. The molecular weight excluding hydrogens is 206 g/mol. The van der Waals surface area contributed by atoms with Gasteiger partial charge in [-0.2, -0.15) is 0 Å². The zero-order valence-electron chi connectivity index (χ0n) is 9.69. The van der Waals surface area contributed by atoms with Crippen molar-refractivity contribution in [3.05, 3.63) is 30.9 Å². The van der Waals surface area contributed by atoms with Crippen molar-refractivity contribution in [2.75, 3.05) is 26.2 Å². The Kier molecular flexibility index (Phi) is 3.94. The van der Waals surface area contributed by atoms with Crippen LogP contribution in [0.25, 0.3) is 0 Å². The Hall–Kier alpha value is -1.97. The number of carbonyl (C=O) groups excluding carboxylic acids is 1. The number of rotatable bonds is 4. The van der Waals surface area contributed by atoms with Gasteiger partial charge in [-0.15, -0.1) is 0 Å². The van der Waals surface area contributed by atoms with Gasteiger partial charge in [0.05, 0.1) is 14.2 Å². The Morgan fingerprint density at radius 2 is 1.94 bits per heavy atom. The van der Waals surface area contributed by atoms with Gasteiger partial charge >= 0.3 is 0 Å². The monoisotopic (exact) mass is 221 g/mol. The summed E-state index contributed by atoms with van der Waals surface area (Å²) in [5.41, 5.74) is 0.725. The van der Waals surface area contributed by atoms with Gasteiger partial charge in [0.1, 0.15) is 0 Å². The molecule has 16 heavy (non-hydrogen) atoms. The topological polar surface area (TPSA) is 38.8 Å². The summed E-state index contributed by atoms with van der Waals surface area (Å²) in [6.07, 6.45) is 1.26. The molecule has 4 heteroatoms. The second-order valence-corrected chi connectivity index (χ2v) is 3.14. The second-order valence-electron chi connectivity index (χ2n) is 3.14. The van der Waals surface area contributed by atoms with E-state index in [9.17, 15) is 4.79 Å². The van der Waals surface area contributed by atoms with E-state index in [1.807, 2.05) is 0 Å². The van der Waals surface area contributed by atoms with Gasteiger partial charge in [-0.25, -0.2) is 0 Å². The SMILES string of the molecule is C=CC(=O)N(C)c1ccc(OC)c(OC)c1. The van der Waals surface area contributed by atoms with E-state index in [1.54, 1.807) is 39.5 Å². The van der Waals surface area contributed by atoms with Gasteiger partial charge < -0.3 is 14.4 Å². The fourth-order valence-electron chi connectivity index (χ4n) is 1.30. The van der Waals surface area contributed by atoms with E-state index in [2.05, 4.69) is 6.58 Å². The van der Waals surface area contributed by atoms with Crippen LogP contribution < -0.4 is 14.4 Å². The quantitative estimate of drug-likeness (QED) is 0.728. The van der Waals surface area contributed by atoms with Gasteiger partial charge in [0.25, 0.3) is 0 Å². The first-order chi connectivity index (χ1) is 7.63. The van der Waals surface area contributed by atoms with Crippen LogP contribution in [0.3, 0.4) is 0 Å². The highest BCUT2D eigenvalue weighted by Gasteiger charge is 2.10. The molecule has 0 aromatic heterocycles. The number of methoxy groups -OCH3 is 2. The number of hydrogen-bond donors (Lipinski definition) is 0. The molecule has 1 amide bonds. The highest BCUT2D eigenvalue weighted by atomic mass is 16.5. The van der Waals surface area contributed by atoms with E-state index in [1.165, 1.54) is 11.0 Å². The van der Waals surface area contributed by atoms with Crippen LogP contribution in [0.1, 0.15) is 0 Å². The highest BCUT2D eigenvalue weighted by Crippen LogP contribution is 2.31. The van der Waals surface area contributed by atoms with Crippen LogP contribution in [-0.4, -0.2) is 27.2 Å². The maximum Gasteiger partial charge on any atom is 0.250 e. The van der Waals surface area contributed by atoms with E-state index in [0.717, 1.165) is 5.69 Å². The Balaban J connectivity index is 3.07. The molecule has 0 bridgehead atoms. The lowest BCUT2D eigenvalue weighted by atomic mass is 10.2. The summed E-state index contributed by atoms with van der Waals surface area (Å²) < 4.78 is 10.3. The molecule has 4 nitrogen and oxygen atoms in total. The van der Waals surface area contributed by atoms with Crippen molar-refractivity contribution >= 4 is 11.6 Å². The molecule has 0 aliphatic carbocycles. The molecule has 1 aromatic carbocycles. The minimum atomic E-state index is -0.174. The van der Waals surface area contributed by atoms with Crippen molar-refractivity contribution in [3.8, 4) is 11.5 Å². The van der Waals surface area contributed by atoms with Crippen LogP contribution in [-0.2, 0) is 4.79 Å². The Labute approximate surface area is 95.1 Å². The first-order valence-electron chi connectivity index (χ1n) is 4.76. The molecule has 86 valence electrons. The summed E-state index contributed by atoms with van der Waals surface area (Å²) in [7, 11) is 4.79. The van der Waals surface area contributed by atoms with E-state index in [-0.39, 0.29) is 5.91 Å². The minimum absolute atomic E-state index is 0.174. The lowest BCUT2D eigenvalue weighted by molar-refractivity contribution is -0.113. The van der Waals surface area contributed by atoms with Gasteiger partial charge in [0.2, 0.25) is 5.91 Å². The van der Waals surface area contributed by atoms with Crippen LogP contribution in [0.5, 0.6) is 11.5 Å². The normalized spacial score (nSPS) is 9.44. The number of ether oxygens (including phenoxy) is 2. The van der Waals surface area contributed by atoms with Crippen LogP contribution in [0, 0.1) is 0 Å². The predicted octanol–water partition coefficient (Wildman–Crippen LogP) is 1.85. The molecule has 0 aliphatic heterocycles. The molecule has 0 saturated carbocycles. The zero-order chi connectivity index (χ0) is 12.1. The molecule has 0 spiro atoms. The average Bonchev–Trinajstić information content (AvgIpc) is 2.35. The fourth-order valence-corrected chi connectivity index (χ4v) is 1.30. The molecule has 0 heterocycles. The van der Waals surface area contributed by atoms with Crippen LogP contribution in [0.2, 0.25) is 0 Å². The summed E-state index contributed by atoms with van der Waals surface area (Å²) in [6, 6.07) is 5.27. The van der Waals surface area contributed by atoms with Crippen LogP contribution in [0.4, 0.5) is 5.69 Å². The summed E-state index contributed by atoms with van der Waals surface area (Å²) in [5, 5.41) is 0. The predicted molar refractivity (Wildman–Crippen MR) is 63.2 cm³/mol. The van der Waals surface area contributed by atoms with E-state index in [4.69, 9.17) is 9.47 Å². The molecule has 0 N–H and O–H groups in total. The lowest BCUT2D eigenvalue weighted by Gasteiger charge is -2.17. The molecular formula is C12H15NO3. The van der Waals surface area contributed by atoms with Crippen molar-refractivity contribution < 1.29 is 14.3 Å². The van der Waals surface area contributed by atoms with Crippen molar-refractivity contribution in [1.82, 2.24) is 0 Å². The van der Waals surface area contributed by atoms with Gasteiger partial charge in [-0.05, 0) is 18.2 Å². The van der Waals surface area contributed by atoms with E-state index >= 15 is 0 Å². The van der Waals surface area contributed by atoms with Crippen molar-refractivity contribution in [3.63, 3.8) is 0 Å². The van der Waals surface area contributed by atoms with Crippen molar-refractivity contribution in [2.24, 2.45) is 0 Å². The third kappa shape index (κ3) is 2.34. The molecule has 1 rings (SSSR count). The standard InChI is InChI=1S/C12H15NO3/c1-5-12(14)13(2)9-6-7-10(15-3)11(8-9)16-4/h5-8H,1H2,2-4H3. The van der Waals surface area contributed by atoms with Gasteiger partial charge in [0.15, 0.2) is 11.5 Å². The maximum absolute atomic E-state index is 11.4. The Morgan fingerprint density at radius 3 is 2.44 bits per heavy atom. The minimum Gasteiger partial charge on any atom is -0.493 e. The van der Waals surface area contributed by atoms with Crippen molar-refractivity contribution in [1.29, 1.82) is 0 Å². The molecule has 0 saturated heterocycles. The first-order valence-corrected chi connectivity index (χ1v) is 4.76. The highest BCUT2D eigenvalue weighted by molar-refractivity contribution is 6.00. The summed E-state index contributed by atoms with van der Waals surface area (Å²) >= 11 is 0. The zero-order valence-corrected chi connectivity index (χ0v) is 9.69. The van der Waals surface area contributed by atoms with Gasteiger partial charge in [0, 0.05) is 18.8 Å². The molecule has 0 aliphatic rings. The first kappa shape index (κ1) is 12.1. The van der Waals surface area contributed by atoms with Crippen molar-refractivity contribution in [2.45, 2.75) is 0 Å². The van der Waals surface area contributed by atoms with E-state index in [0.29, 0.717) is 11.5 Å². The number of benzene rings is 1. The second kappa shape index (κ2) is 5.21. The molecule has 1 aromatic rings. The number of likely N-dealkylation sites (N-methyl/N-ethyl adjacent to an activating group) is 1. The summed E-state index contributed by atoms with van der Waals surface area (Å²) in [4.78, 5) is 12.9. The number of nitrogens with zero attached hydrogens (tertiary/aromatic N) is 1. The van der Waals surface area contributed by atoms with E-state index < -0.39 is 0 Å². The summed E-state index contributed by atoms with van der Waals surface area (Å²) in [6.45, 7) is 3.44. The third-order valence-corrected chi connectivity index (χ3v) is 2.26. The molecule has 0 unspecified atom stereocenters. The Bertz CT molecular complexity index is 401. The Morgan fingerprint density at radius 1 is 1.31 bits per heavy atom. The number of carbonyl (C=O) groups is 1. The largest absolute Gasteiger partial charge is 0.493 e. The molecule has 0 fully saturated rings. The smallest absolute Gasteiger partial charge is 0.250 e. The third-order valence-electron chi connectivity index (χ3n) is 2.26. The summed E-state index contributed by atoms with van der Waals surface area (Å²) in [5.74, 6) is 1.04. The number of anilines is 1. The van der Waals surface area contributed by atoms with Gasteiger partial charge in [-0.3, -0.25) is 4.79 Å². The maximum atomic E-state index is 11.4. The lowest BCUT2D eigenvalue weighted by Crippen LogP contribution is -2.23. The van der Waals surface area contributed by atoms with Crippen LogP contribution >= 0.6 is 0 Å². The molecule has 0 radical (unpaired) electrons. The molecule has 0 atom stereocenters. The number of amides is 1. The fraction of sp³-hybridized carbons (Fsp3) is 0.250. The van der Waals surface area contributed by atoms with Crippen LogP contribution in [0.15, 0.2) is 30.9 Å². The number of hydrogen-bond acceptors (Lipinski definition) is 3. The van der Waals surface area contributed by atoms with Gasteiger partial charge in [-0.1, -0.05) is 6.58 Å².